The first kappa shape index (κ1) is 13.2. The van der Waals surface area contributed by atoms with Crippen molar-refractivity contribution >= 4 is 5.78 Å². The summed E-state index contributed by atoms with van der Waals surface area (Å²) in [6.07, 6.45) is 0.312. The van der Waals surface area contributed by atoms with E-state index in [9.17, 15) is 4.79 Å². The highest BCUT2D eigenvalue weighted by atomic mass is 16.5. The van der Waals surface area contributed by atoms with Crippen LogP contribution in [0.5, 0.6) is 0 Å². The van der Waals surface area contributed by atoms with Crippen LogP contribution in [-0.4, -0.2) is 47.6 Å². The maximum Gasteiger partial charge on any atom is 0.237 e. The summed E-state index contributed by atoms with van der Waals surface area (Å²) in [4.78, 5) is 18.0. The predicted octanol–water partition coefficient (Wildman–Crippen LogP) is 1.16. The normalized spacial score (nSPS) is 22.9. The first-order valence-corrected chi connectivity index (χ1v) is 6.28. The Morgan fingerprint density at radius 1 is 1.61 bits per heavy atom. The van der Waals surface area contributed by atoms with E-state index in [0.29, 0.717) is 24.7 Å². The minimum atomic E-state index is -0.336. The Labute approximate surface area is 106 Å². The molecular formula is C12H19N3O3. The lowest BCUT2D eigenvalue weighted by Gasteiger charge is -2.27. The Hall–Kier alpha value is -1.27. The van der Waals surface area contributed by atoms with Gasteiger partial charge in [0.05, 0.1) is 12.5 Å². The summed E-state index contributed by atoms with van der Waals surface area (Å²) in [5.41, 5.74) is 0. The highest BCUT2D eigenvalue weighted by Gasteiger charge is 2.27. The number of hydrogen-bond donors (Lipinski definition) is 0. The number of Topliss-reactive ketones (excluding diaryl/α,β-unsaturated/α-hetero) is 1. The third-order valence-electron chi connectivity index (χ3n) is 3.22. The fraction of sp³-hybridized carbons (Fsp3) is 0.750. The van der Waals surface area contributed by atoms with Crippen molar-refractivity contribution in [3.8, 4) is 0 Å². The fourth-order valence-corrected chi connectivity index (χ4v) is 1.93. The summed E-state index contributed by atoms with van der Waals surface area (Å²) >= 11 is 0. The van der Waals surface area contributed by atoms with E-state index in [1.165, 1.54) is 0 Å². The summed E-state index contributed by atoms with van der Waals surface area (Å²) in [5, 5.41) is 3.92. The largest absolute Gasteiger partial charge is 0.367 e. The van der Waals surface area contributed by atoms with Crippen LogP contribution < -0.4 is 0 Å². The van der Waals surface area contributed by atoms with E-state index in [1.807, 2.05) is 14.0 Å². The van der Waals surface area contributed by atoms with Crippen molar-refractivity contribution < 1.29 is 14.1 Å². The molecule has 0 amide bonds. The van der Waals surface area contributed by atoms with Crippen LogP contribution in [0.15, 0.2) is 4.52 Å². The zero-order valence-corrected chi connectivity index (χ0v) is 11.0. The molecule has 2 unspecified atom stereocenters. The molecule has 6 heteroatoms. The second-order valence-corrected chi connectivity index (χ2v) is 4.65. The number of morpholine rings is 1. The van der Waals surface area contributed by atoms with E-state index >= 15 is 0 Å². The van der Waals surface area contributed by atoms with E-state index in [2.05, 4.69) is 15.0 Å². The van der Waals surface area contributed by atoms with Crippen LogP contribution in [0.4, 0.5) is 0 Å². The van der Waals surface area contributed by atoms with Crippen molar-refractivity contribution in [2.24, 2.45) is 0 Å². The molecule has 1 saturated heterocycles. The van der Waals surface area contributed by atoms with Crippen molar-refractivity contribution in [1.82, 2.24) is 15.0 Å². The Morgan fingerprint density at radius 2 is 2.39 bits per heavy atom. The zero-order chi connectivity index (χ0) is 13.1. The summed E-state index contributed by atoms with van der Waals surface area (Å²) in [7, 11) is 2.03. The maximum absolute atomic E-state index is 11.6. The van der Waals surface area contributed by atoms with Gasteiger partial charge in [-0.15, -0.1) is 0 Å². The lowest BCUT2D eigenvalue weighted by Crippen LogP contribution is -2.35. The number of hydrogen-bond acceptors (Lipinski definition) is 6. The number of ether oxygens (including phenoxy) is 1. The van der Waals surface area contributed by atoms with E-state index in [1.54, 1.807) is 6.92 Å². The highest BCUT2D eigenvalue weighted by Crippen LogP contribution is 2.22. The Bertz CT molecular complexity index is 418. The number of carbonyl (C=O) groups excluding carboxylic acids is 1. The van der Waals surface area contributed by atoms with Gasteiger partial charge in [0.15, 0.2) is 0 Å². The predicted molar refractivity (Wildman–Crippen MR) is 64.2 cm³/mol. The van der Waals surface area contributed by atoms with Crippen molar-refractivity contribution in [3.63, 3.8) is 0 Å². The molecule has 1 aliphatic heterocycles. The molecule has 0 saturated carbocycles. The van der Waals surface area contributed by atoms with E-state index in [4.69, 9.17) is 9.26 Å². The average Bonchev–Trinajstić information content (AvgIpc) is 2.86. The van der Waals surface area contributed by atoms with Gasteiger partial charge < -0.3 is 14.2 Å². The zero-order valence-electron chi connectivity index (χ0n) is 11.0. The Morgan fingerprint density at radius 3 is 3.06 bits per heavy atom. The van der Waals surface area contributed by atoms with Gasteiger partial charge in [0, 0.05) is 19.5 Å². The van der Waals surface area contributed by atoms with Crippen molar-refractivity contribution in [1.29, 1.82) is 0 Å². The van der Waals surface area contributed by atoms with Gasteiger partial charge in [0.1, 0.15) is 11.9 Å². The first-order valence-electron chi connectivity index (χ1n) is 6.28. The number of ketones is 1. The standard InChI is InChI=1S/C12H19N3O3/c1-4-9(16)8(2)12-13-11(14-18-12)10-7-15(3)5-6-17-10/h8,10H,4-7H2,1-3H3. The number of likely N-dealkylation sites (N-methyl/N-ethyl adjacent to an activating group) is 1. The summed E-state index contributed by atoms with van der Waals surface area (Å²) in [6, 6.07) is 0. The number of nitrogens with zero attached hydrogens (tertiary/aromatic N) is 3. The molecule has 0 spiro atoms. The highest BCUT2D eigenvalue weighted by molar-refractivity contribution is 5.83. The molecule has 0 radical (unpaired) electrons. The van der Waals surface area contributed by atoms with Gasteiger partial charge in [-0.1, -0.05) is 12.1 Å². The molecule has 0 N–H and O–H groups in total. The molecule has 6 nitrogen and oxygen atoms in total. The van der Waals surface area contributed by atoms with Gasteiger partial charge in [-0.3, -0.25) is 4.79 Å². The van der Waals surface area contributed by atoms with Gasteiger partial charge in [-0.05, 0) is 14.0 Å². The van der Waals surface area contributed by atoms with Crippen molar-refractivity contribution in [2.75, 3.05) is 26.7 Å². The second kappa shape index (κ2) is 5.58. The number of aromatic nitrogens is 2. The summed E-state index contributed by atoms with van der Waals surface area (Å²) < 4.78 is 10.8. The SMILES string of the molecule is CCC(=O)C(C)c1nc(C2CN(C)CCO2)no1. The monoisotopic (exact) mass is 253 g/mol. The van der Waals surface area contributed by atoms with Gasteiger partial charge in [-0.25, -0.2) is 0 Å². The molecule has 1 aromatic heterocycles. The van der Waals surface area contributed by atoms with Crippen LogP contribution in [-0.2, 0) is 9.53 Å². The van der Waals surface area contributed by atoms with Crippen LogP contribution in [0.2, 0.25) is 0 Å². The van der Waals surface area contributed by atoms with Crippen LogP contribution >= 0.6 is 0 Å². The first-order chi connectivity index (χ1) is 8.61. The summed E-state index contributed by atoms with van der Waals surface area (Å²) in [5.74, 6) is 0.686. The Balaban J connectivity index is 2.07. The number of carbonyl (C=O) groups is 1. The topological polar surface area (TPSA) is 68.5 Å². The van der Waals surface area contributed by atoms with E-state index < -0.39 is 0 Å². The molecule has 100 valence electrons. The van der Waals surface area contributed by atoms with Gasteiger partial charge in [0.25, 0.3) is 0 Å². The quantitative estimate of drug-likeness (QED) is 0.802. The van der Waals surface area contributed by atoms with E-state index in [-0.39, 0.29) is 17.8 Å². The van der Waals surface area contributed by atoms with Crippen LogP contribution in [0, 0.1) is 0 Å². The molecule has 18 heavy (non-hydrogen) atoms. The molecule has 0 aromatic carbocycles. The molecule has 2 rings (SSSR count). The third kappa shape index (κ3) is 2.76. The smallest absolute Gasteiger partial charge is 0.237 e. The number of rotatable bonds is 4. The molecule has 0 bridgehead atoms. The lowest BCUT2D eigenvalue weighted by atomic mass is 10.1. The molecule has 1 fully saturated rings. The van der Waals surface area contributed by atoms with Crippen LogP contribution in [0.25, 0.3) is 0 Å². The van der Waals surface area contributed by atoms with Crippen LogP contribution in [0.1, 0.15) is 44.0 Å². The van der Waals surface area contributed by atoms with E-state index in [0.717, 1.165) is 13.1 Å². The average molecular weight is 253 g/mol. The molecule has 1 aliphatic rings. The fourth-order valence-electron chi connectivity index (χ4n) is 1.93. The van der Waals surface area contributed by atoms with Crippen molar-refractivity contribution in [3.05, 3.63) is 11.7 Å². The van der Waals surface area contributed by atoms with Gasteiger partial charge >= 0.3 is 0 Å². The molecule has 1 aromatic rings. The van der Waals surface area contributed by atoms with Gasteiger partial charge in [0.2, 0.25) is 11.7 Å². The van der Waals surface area contributed by atoms with Crippen LogP contribution in [0.3, 0.4) is 0 Å². The third-order valence-corrected chi connectivity index (χ3v) is 3.22. The lowest BCUT2D eigenvalue weighted by molar-refractivity contribution is -0.120. The molecular weight excluding hydrogens is 234 g/mol. The van der Waals surface area contributed by atoms with Crippen molar-refractivity contribution in [2.45, 2.75) is 32.3 Å². The summed E-state index contributed by atoms with van der Waals surface area (Å²) in [6.45, 7) is 5.93. The second-order valence-electron chi connectivity index (χ2n) is 4.65. The Kier molecular flexibility index (Phi) is 4.08. The maximum atomic E-state index is 11.6. The van der Waals surface area contributed by atoms with Gasteiger partial charge in [-0.2, -0.15) is 4.98 Å². The molecule has 2 atom stereocenters. The minimum Gasteiger partial charge on any atom is -0.367 e. The minimum absolute atomic E-state index is 0.104. The molecule has 2 heterocycles. The molecule has 0 aliphatic carbocycles.